The van der Waals surface area contributed by atoms with Crippen molar-refractivity contribution in [3.05, 3.63) is 35.6 Å². The lowest BCUT2D eigenvalue weighted by molar-refractivity contribution is -0.121. The highest BCUT2D eigenvalue weighted by molar-refractivity contribution is 5.80. The van der Waals surface area contributed by atoms with Crippen LogP contribution in [0.25, 0.3) is 0 Å². The minimum Gasteiger partial charge on any atom is -0.357 e. The molecule has 1 aromatic rings. The third-order valence-corrected chi connectivity index (χ3v) is 3.05. The lowest BCUT2D eigenvalue weighted by Gasteiger charge is -2.12. The van der Waals surface area contributed by atoms with E-state index in [0.29, 0.717) is 37.5 Å². The van der Waals surface area contributed by atoms with Crippen molar-refractivity contribution in [3.63, 3.8) is 0 Å². The SMILES string of the molecule is CCNC(=NCCC(=O)NC(C)C)NCCc1ccccc1F. The number of nitrogens with one attached hydrogen (secondary N) is 3. The van der Waals surface area contributed by atoms with Crippen LogP contribution in [0.4, 0.5) is 4.39 Å². The predicted molar refractivity (Wildman–Crippen MR) is 92.0 cm³/mol. The molecular weight excluding hydrogens is 295 g/mol. The number of rotatable bonds is 8. The first-order chi connectivity index (χ1) is 11.0. The van der Waals surface area contributed by atoms with Crippen molar-refractivity contribution in [1.29, 1.82) is 0 Å². The maximum absolute atomic E-state index is 13.5. The van der Waals surface area contributed by atoms with Crippen LogP contribution in [0.1, 0.15) is 32.8 Å². The summed E-state index contributed by atoms with van der Waals surface area (Å²) in [7, 11) is 0. The molecule has 0 bridgehead atoms. The van der Waals surface area contributed by atoms with Crippen LogP contribution in [0.3, 0.4) is 0 Å². The molecule has 0 aliphatic rings. The normalized spacial score (nSPS) is 11.4. The summed E-state index contributed by atoms with van der Waals surface area (Å²) >= 11 is 0. The van der Waals surface area contributed by atoms with Gasteiger partial charge >= 0.3 is 0 Å². The fraction of sp³-hybridized carbons (Fsp3) is 0.529. The Balaban J connectivity index is 2.40. The van der Waals surface area contributed by atoms with Crippen LogP contribution in [0, 0.1) is 5.82 Å². The lowest BCUT2D eigenvalue weighted by atomic mass is 10.1. The van der Waals surface area contributed by atoms with Gasteiger partial charge in [0.1, 0.15) is 5.82 Å². The third kappa shape index (κ3) is 8.18. The van der Waals surface area contributed by atoms with Crippen molar-refractivity contribution >= 4 is 11.9 Å². The molecule has 1 amide bonds. The van der Waals surface area contributed by atoms with Crippen molar-refractivity contribution < 1.29 is 9.18 Å². The van der Waals surface area contributed by atoms with E-state index in [2.05, 4.69) is 20.9 Å². The second-order valence-electron chi connectivity index (χ2n) is 5.50. The highest BCUT2D eigenvalue weighted by atomic mass is 19.1. The maximum Gasteiger partial charge on any atom is 0.222 e. The molecule has 1 aromatic carbocycles. The van der Waals surface area contributed by atoms with E-state index in [1.165, 1.54) is 6.07 Å². The highest BCUT2D eigenvalue weighted by Gasteiger charge is 2.04. The average molecular weight is 322 g/mol. The summed E-state index contributed by atoms with van der Waals surface area (Å²) in [4.78, 5) is 15.9. The molecular formula is C17H27FN4O. The molecule has 1 rings (SSSR count). The molecule has 0 fully saturated rings. The Morgan fingerprint density at radius 3 is 2.65 bits per heavy atom. The number of hydrogen-bond acceptors (Lipinski definition) is 2. The topological polar surface area (TPSA) is 65.5 Å². The molecule has 6 heteroatoms. The first-order valence-electron chi connectivity index (χ1n) is 8.07. The van der Waals surface area contributed by atoms with Crippen LogP contribution in [-0.4, -0.2) is 37.5 Å². The number of carbonyl (C=O) groups is 1. The summed E-state index contributed by atoms with van der Waals surface area (Å²) in [6, 6.07) is 6.88. The van der Waals surface area contributed by atoms with Crippen LogP contribution in [0.5, 0.6) is 0 Å². The van der Waals surface area contributed by atoms with Gasteiger partial charge in [0.25, 0.3) is 0 Å². The number of benzene rings is 1. The van der Waals surface area contributed by atoms with Crippen molar-refractivity contribution in [2.24, 2.45) is 4.99 Å². The summed E-state index contributed by atoms with van der Waals surface area (Å²) in [5, 5.41) is 9.09. The molecule has 128 valence electrons. The number of amides is 1. The second-order valence-corrected chi connectivity index (χ2v) is 5.50. The monoisotopic (exact) mass is 322 g/mol. The van der Waals surface area contributed by atoms with E-state index in [-0.39, 0.29) is 17.8 Å². The molecule has 0 saturated heterocycles. The van der Waals surface area contributed by atoms with Gasteiger partial charge in [-0.25, -0.2) is 4.39 Å². The minimum absolute atomic E-state index is 0.00837. The molecule has 0 atom stereocenters. The van der Waals surface area contributed by atoms with E-state index < -0.39 is 0 Å². The molecule has 5 nitrogen and oxygen atoms in total. The van der Waals surface area contributed by atoms with Crippen LogP contribution in [0.15, 0.2) is 29.3 Å². The van der Waals surface area contributed by atoms with E-state index in [0.717, 1.165) is 6.54 Å². The first-order valence-corrected chi connectivity index (χ1v) is 8.07. The number of halogens is 1. The van der Waals surface area contributed by atoms with E-state index in [4.69, 9.17) is 0 Å². The van der Waals surface area contributed by atoms with Crippen molar-refractivity contribution in [1.82, 2.24) is 16.0 Å². The summed E-state index contributed by atoms with van der Waals surface area (Å²) in [6.07, 6.45) is 0.924. The molecule has 3 N–H and O–H groups in total. The van der Waals surface area contributed by atoms with E-state index in [1.807, 2.05) is 26.8 Å². The molecule has 0 radical (unpaired) electrons. The largest absolute Gasteiger partial charge is 0.357 e. The summed E-state index contributed by atoms with van der Waals surface area (Å²) in [5.41, 5.74) is 0.673. The van der Waals surface area contributed by atoms with E-state index in [1.54, 1.807) is 12.1 Å². The molecule has 0 saturated carbocycles. The number of aliphatic imine (C=N–C) groups is 1. The van der Waals surface area contributed by atoms with Gasteiger partial charge in [-0.05, 0) is 38.8 Å². The van der Waals surface area contributed by atoms with Gasteiger partial charge in [0.2, 0.25) is 5.91 Å². The van der Waals surface area contributed by atoms with Crippen LogP contribution < -0.4 is 16.0 Å². The third-order valence-electron chi connectivity index (χ3n) is 3.05. The molecule has 0 unspecified atom stereocenters. The molecule has 23 heavy (non-hydrogen) atoms. The second kappa shape index (κ2) is 10.6. The Morgan fingerprint density at radius 2 is 2.00 bits per heavy atom. The Bertz CT molecular complexity index is 517. The molecule has 0 aliphatic heterocycles. The van der Waals surface area contributed by atoms with Crippen LogP contribution in [-0.2, 0) is 11.2 Å². The van der Waals surface area contributed by atoms with Gasteiger partial charge in [0.15, 0.2) is 5.96 Å². The quantitative estimate of drug-likeness (QED) is 0.505. The predicted octanol–water partition coefficient (Wildman–Crippen LogP) is 1.84. The Hall–Kier alpha value is -2.11. The molecule has 0 spiro atoms. The number of guanidine groups is 1. The maximum atomic E-state index is 13.5. The highest BCUT2D eigenvalue weighted by Crippen LogP contribution is 2.06. The molecule has 0 aliphatic carbocycles. The minimum atomic E-state index is -0.193. The summed E-state index contributed by atoms with van der Waals surface area (Å²) < 4.78 is 13.5. The first kappa shape index (κ1) is 18.9. The zero-order valence-corrected chi connectivity index (χ0v) is 14.2. The van der Waals surface area contributed by atoms with Gasteiger partial charge in [-0.2, -0.15) is 0 Å². The van der Waals surface area contributed by atoms with Crippen LogP contribution >= 0.6 is 0 Å². The number of nitrogens with zero attached hydrogens (tertiary/aromatic N) is 1. The average Bonchev–Trinajstić information content (AvgIpc) is 2.48. The molecule has 0 aromatic heterocycles. The van der Waals surface area contributed by atoms with Crippen molar-refractivity contribution in [2.45, 2.75) is 39.7 Å². The fourth-order valence-electron chi connectivity index (χ4n) is 2.02. The van der Waals surface area contributed by atoms with Gasteiger partial charge in [-0.3, -0.25) is 9.79 Å². The zero-order chi connectivity index (χ0) is 17.1. The summed E-state index contributed by atoms with van der Waals surface area (Å²) in [5.74, 6) is 0.439. The van der Waals surface area contributed by atoms with Crippen molar-refractivity contribution in [2.75, 3.05) is 19.6 Å². The Labute approximate surface area is 137 Å². The number of carbonyl (C=O) groups excluding carboxylic acids is 1. The Kier molecular flexibility index (Phi) is 8.72. The van der Waals surface area contributed by atoms with Gasteiger partial charge in [-0.1, -0.05) is 18.2 Å². The van der Waals surface area contributed by atoms with Gasteiger partial charge in [-0.15, -0.1) is 0 Å². The zero-order valence-electron chi connectivity index (χ0n) is 14.2. The molecule has 0 heterocycles. The van der Waals surface area contributed by atoms with E-state index >= 15 is 0 Å². The Morgan fingerprint density at radius 1 is 1.26 bits per heavy atom. The van der Waals surface area contributed by atoms with Gasteiger partial charge in [0, 0.05) is 25.6 Å². The van der Waals surface area contributed by atoms with Gasteiger partial charge < -0.3 is 16.0 Å². The standard InChI is InChI=1S/C17H27FN4O/c1-4-19-17(21-12-10-16(23)22-13(2)3)20-11-9-14-7-5-6-8-15(14)18/h5-8,13H,4,9-12H2,1-3H3,(H,22,23)(H2,19,20,21). The smallest absolute Gasteiger partial charge is 0.222 e. The fourth-order valence-corrected chi connectivity index (χ4v) is 2.02. The number of hydrogen-bond donors (Lipinski definition) is 3. The lowest BCUT2D eigenvalue weighted by Crippen LogP contribution is -2.38. The van der Waals surface area contributed by atoms with Crippen molar-refractivity contribution in [3.8, 4) is 0 Å². The van der Waals surface area contributed by atoms with Crippen LogP contribution in [0.2, 0.25) is 0 Å². The summed E-state index contributed by atoms with van der Waals surface area (Å²) in [6.45, 7) is 7.53. The van der Waals surface area contributed by atoms with Gasteiger partial charge in [0.05, 0.1) is 6.54 Å². The van der Waals surface area contributed by atoms with E-state index in [9.17, 15) is 9.18 Å².